The van der Waals surface area contributed by atoms with E-state index in [1.54, 1.807) is 14.0 Å². The number of carbonyl (C=O) groups excluding carboxylic acids is 1. The molecule has 0 unspecified atom stereocenters. The highest BCUT2D eigenvalue weighted by Gasteiger charge is 2.20. The molecule has 0 bridgehead atoms. The summed E-state index contributed by atoms with van der Waals surface area (Å²) in [5.74, 6) is -2.44. The second-order valence-electron chi connectivity index (χ2n) is 3.15. The molecule has 1 rings (SSSR count). The van der Waals surface area contributed by atoms with Gasteiger partial charge in [-0.1, -0.05) is 6.07 Å². The molecule has 1 N–H and O–H groups in total. The lowest BCUT2D eigenvalue weighted by molar-refractivity contribution is -0.145. The van der Waals surface area contributed by atoms with Gasteiger partial charge in [0.15, 0.2) is 11.6 Å². The number of esters is 1. The fraction of sp³-hybridized carbons (Fsp3) is 0.364. The molecule has 1 aromatic carbocycles. The topological polar surface area (TPSA) is 38.3 Å². The number of rotatable bonds is 4. The van der Waals surface area contributed by atoms with Gasteiger partial charge in [-0.05, 0) is 31.7 Å². The van der Waals surface area contributed by atoms with E-state index in [-0.39, 0.29) is 6.61 Å². The van der Waals surface area contributed by atoms with Crippen molar-refractivity contribution in [2.75, 3.05) is 13.7 Å². The Labute approximate surface area is 92.4 Å². The van der Waals surface area contributed by atoms with Crippen LogP contribution in [0, 0.1) is 11.6 Å². The molecule has 0 aliphatic heterocycles. The Morgan fingerprint density at radius 3 is 2.62 bits per heavy atom. The smallest absolute Gasteiger partial charge is 0.327 e. The van der Waals surface area contributed by atoms with Crippen LogP contribution in [0.15, 0.2) is 18.2 Å². The summed E-state index contributed by atoms with van der Waals surface area (Å²) >= 11 is 0. The minimum absolute atomic E-state index is 0.237. The molecule has 0 aliphatic carbocycles. The fourth-order valence-electron chi connectivity index (χ4n) is 1.34. The molecule has 1 atom stereocenters. The van der Waals surface area contributed by atoms with Crippen LogP contribution < -0.4 is 5.32 Å². The zero-order valence-corrected chi connectivity index (χ0v) is 9.09. The lowest BCUT2D eigenvalue weighted by Crippen LogP contribution is -2.27. The van der Waals surface area contributed by atoms with Gasteiger partial charge in [0.1, 0.15) is 6.04 Å². The van der Waals surface area contributed by atoms with Gasteiger partial charge in [0.05, 0.1) is 6.61 Å². The van der Waals surface area contributed by atoms with Crippen molar-refractivity contribution in [2.45, 2.75) is 13.0 Å². The Morgan fingerprint density at radius 2 is 2.12 bits per heavy atom. The molecule has 5 heteroatoms. The van der Waals surface area contributed by atoms with Crippen molar-refractivity contribution >= 4 is 5.97 Å². The van der Waals surface area contributed by atoms with Crippen molar-refractivity contribution in [3.8, 4) is 0 Å². The Bertz CT molecular complexity index is 382. The first-order chi connectivity index (χ1) is 7.60. The summed E-state index contributed by atoms with van der Waals surface area (Å²) in [6.45, 7) is 1.91. The second-order valence-corrected chi connectivity index (χ2v) is 3.15. The monoisotopic (exact) mass is 229 g/mol. The van der Waals surface area contributed by atoms with Gasteiger partial charge in [0.2, 0.25) is 0 Å². The van der Waals surface area contributed by atoms with Crippen molar-refractivity contribution in [1.29, 1.82) is 0 Å². The second kappa shape index (κ2) is 5.55. The quantitative estimate of drug-likeness (QED) is 0.800. The molecule has 0 heterocycles. The third kappa shape index (κ3) is 2.76. The number of hydrogen-bond acceptors (Lipinski definition) is 3. The standard InChI is InChI=1S/C11H13F2NO2/c1-3-16-11(15)10(14-2)7-4-5-8(12)9(13)6-7/h4-6,10,14H,3H2,1-2H3/t10-/m1/s1. The molecule has 0 saturated heterocycles. The molecule has 0 amide bonds. The van der Waals surface area contributed by atoms with Crippen molar-refractivity contribution in [2.24, 2.45) is 0 Å². The van der Waals surface area contributed by atoms with Crippen LogP contribution in [0.2, 0.25) is 0 Å². The number of nitrogens with one attached hydrogen (secondary N) is 1. The lowest BCUT2D eigenvalue weighted by Gasteiger charge is -2.14. The molecule has 3 nitrogen and oxygen atoms in total. The largest absolute Gasteiger partial charge is 0.465 e. The molecule has 0 aromatic heterocycles. The molecule has 16 heavy (non-hydrogen) atoms. The first-order valence-corrected chi connectivity index (χ1v) is 4.89. The van der Waals surface area contributed by atoms with Crippen LogP contribution in [0.4, 0.5) is 8.78 Å². The summed E-state index contributed by atoms with van der Waals surface area (Å²) in [7, 11) is 1.54. The molecule has 0 aliphatic rings. The van der Waals surface area contributed by atoms with Crippen LogP contribution in [0.3, 0.4) is 0 Å². The molecule has 0 spiro atoms. The van der Waals surface area contributed by atoms with Crippen LogP contribution in [0.1, 0.15) is 18.5 Å². The molecular formula is C11H13F2NO2. The van der Waals surface area contributed by atoms with Crippen molar-refractivity contribution in [1.82, 2.24) is 5.32 Å². The first-order valence-electron chi connectivity index (χ1n) is 4.89. The molecular weight excluding hydrogens is 216 g/mol. The zero-order chi connectivity index (χ0) is 12.1. The highest BCUT2D eigenvalue weighted by Crippen LogP contribution is 2.17. The van der Waals surface area contributed by atoms with Crippen molar-refractivity contribution in [3.63, 3.8) is 0 Å². The SMILES string of the molecule is CCOC(=O)[C@H](NC)c1ccc(F)c(F)c1. The maximum Gasteiger partial charge on any atom is 0.327 e. The van der Waals surface area contributed by atoms with Crippen LogP contribution >= 0.6 is 0 Å². The minimum atomic E-state index is -0.984. The molecule has 88 valence electrons. The van der Waals surface area contributed by atoms with E-state index in [9.17, 15) is 13.6 Å². The number of hydrogen-bond donors (Lipinski definition) is 1. The zero-order valence-electron chi connectivity index (χ0n) is 9.09. The third-order valence-corrected chi connectivity index (χ3v) is 2.09. The lowest BCUT2D eigenvalue weighted by atomic mass is 10.1. The van der Waals surface area contributed by atoms with E-state index in [0.29, 0.717) is 5.56 Å². The predicted molar refractivity (Wildman–Crippen MR) is 54.8 cm³/mol. The minimum Gasteiger partial charge on any atom is -0.465 e. The van der Waals surface area contributed by atoms with E-state index in [4.69, 9.17) is 4.74 Å². The normalized spacial score (nSPS) is 12.2. The Balaban J connectivity index is 2.95. The molecule has 0 fully saturated rings. The number of halogens is 2. The third-order valence-electron chi connectivity index (χ3n) is 2.09. The maximum absolute atomic E-state index is 13.0. The van der Waals surface area contributed by atoms with E-state index in [1.807, 2.05) is 0 Å². The highest BCUT2D eigenvalue weighted by atomic mass is 19.2. The van der Waals surface area contributed by atoms with Gasteiger partial charge in [-0.2, -0.15) is 0 Å². The van der Waals surface area contributed by atoms with Crippen LogP contribution in [0.5, 0.6) is 0 Å². The van der Waals surface area contributed by atoms with Gasteiger partial charge in [0, 0.05) is 0 Å². The van der Waals surface area contributed by atoms with Gasteiger partial charge < -0.3 is 10.1 Å². The molecule has 0 saturated carbocycles. The Morgan fingerprint density at radius 1 is 1.44 bits per heavy atom. The molecule has 0 radical (unpaired) electrons. The summed E-state index contributed by atoms with van der Waals surface area (Å²) in [5.41, 5.74) is 0.333. The van der Waals surface area contributed by atoms with Crippen LogP contribution in [-0.4, -0.2) is 19.6 Å². The average molecular weight is 229 g/mol. The summed E-state index contributed by atoms with van der Waals surface area (Å²) < 4.78 is 30.5. The maximum atomic E-state index is 13.0. The van der Waals surface area contributed by atoms with Crippen LogP contribution in [-0.2, 0) is 9.53 Å². The summed E-state index contributed by atoms with van der Waals surface area (Å²) in [6, 6.07) is 2.52. The number of ether oxygens (including phenoxy) is 1. The van der Waals surface area contributed by atoms with E-state index in [2.05, 4.69) is 5.32 Å². The highest BCUT2D eigenvalue weighted by molar-refractivity contribution is 5.77. The fourth-order valence-corrected chi connectivity index (χ4v) is 1.34. The summed E-state index contributed by atoms with van der Waals surface area (Å²) in [4.78, 5) is 11.5. The van der Waals surface area contributed by atoms with Crippen molar-refractivity contribution in [3.05, 3.63) is 35.4 Å². The van der Waals surface area contributed by atoms with Gasteiger partial charge in [-0.25, -0.2) is 13.6 Å². The summed E-state index contributed by atoms with van der Waals surface area (Å²) in [5, 5.41) is 2.69. The van der Waals surface area contributed by atoms with Gasteiger partial charge in [-0.15, -0.1) is 0 Å². The van der Waals surface area contributed by atoms with Gasteiger partial charge in [0.25, 0.3) is 0 Å². The van der Waals surface area contributed by atoms with Crippen LogP contribution in [0.25, 0.3) is 0 Å². The van der Waals surface area contributed by atoms with Gasteiger partial charge >= 0.3 is 5.97 Å². The molecule has 1 aromatic rings. The van der Waals surface area contributed by atoms with E-state index in [0.717, 1.165) is 12.1 Å². The predicted octanol–water partition coefficient (Wildman–Crippen LogP) is 1.79. The van der Waals surface area contributed by atoms with E-state index in [1.165, 1.54) is 6.07 Å². The summed E-state index contributed by atoms with van der Waals surface area (Å²) in [6.07, 6.45) is 0. The Kier molecular flexibility index (Phi) is 4.37. The van der Waals surface area contributed by atoms with E-state index >= 15 is 0 Å². The van der Waals surface area contributed by atoms with Gasteiger partial charge in [-0.3, -0.25) is 0 Å². The number of likely N-dealkylation sites (N-methyl/N-ethyl adjacent to an activating group) is 1. The number of carbonyl (C=O) groups is 1. The van der Waals surface area contributed by atoms with Crippen molar-refractivity contribution < 1.29 is 18.3 Å². The Hall–Kier alpha value is -1.49. The number of benzene rings is 1. The average Bonchev–Trinajstić information content (AvgIpc) is 2.25. The van der Waals surface area contributed by atoms with E-state index < -0.39 is 23.6 Å². The first kappa shape index (κ1) is 12.6.